The van der Waals surface area contributed by atoms with E-state index in [4.69, 9.17) is 22.8 Å². The number of halogens is 2. The van der Waals surface area contributed by atoms with E-state index >= 15 is 0 Å². The predicted molar refractivity (Wildman–Crippen MR) is 50.0 cm³/mol. The van der Waals surface area contributed by atoms with E-state index in [0.717, 1.165) is 16.8 Å². The fraction of sp³-hybridized carbons (Fsp3) is 0.429. The maximum Gasteiger partial charge on any atom is 0.0429 e. The van der Waals surface area contributed by atoms with Crippen LogP contribution in [0.25, 0.3) is 0 Å². The summed E-state index contributed by atoms with van der Waals surface area (Å²) in [6.07, 6.45) is 0.951. The molecule has 0 fully saturated rings. The van der Waals surface area contributed by atoms with E-state index < -0.39 is 7.27 Å². The molecule has 0 spiro atoms. The Kier molecular flexibility index (Phi) is 2.80. The molecule has 1 aliphatic heterocycles. The van der Waals surface area contributed by atoms with Crippen molar-refractivity contribution in [3.63, 3.8) is 0 Å². The Morgan fingerprint density at radius 3 is 2.60 bits per heavy atom. The minimum Gasteiger partial charge on any atom is -0.0914 e. The van der Waals surface area contributed by atoms with Gasteiger partial charge in [-0.3, -0.25) is 0 Å². The molecule has 3 heteroatoms. The lowest BCUT2D eigenvalue weighted by Crippen LogP contribution is -1.92. The van der Waals surface area contributed by atoms with Gasteiger partial charge in [0.25, 0.3) is 0 Å². The summed E-state index contributed by atoms with van der Waals surface area (Å²) in [6, 6.07) is 0. The van der Waals surface area contributed by atoms with Crippen molar-refractivity contribution in [3.8, 4) is 0 Å². The number of rotatable bonds is 0. The first kappa shape index (κ1) is 8.59. The van der Waals surface area contributed by atoms with Gasteiger partial charge in [0.15, 0.2) is 0 Å². The van der Waals surface area contributed by atoms with Crippen LogP contribution in [-0.4, -0.2) is 6.16 Å². The van der Waals surface area contributed by atoms with Crippen molar-refractivity contribution < 1.29 is 0 Å². The molecule has 0 nitrogen and oxygen atoms in total. The van der Waals surface area contributed by atoms with Crippen molar-refractivity contribution in [1.82, 2.24) is 0 Å². The quantitative estimate of drug-likeness (QED) is 0.511. The first-order valence-corrected chi connectivity index (χ1v) is 5.95. The summed E-state index contributed by atoms with van der Waals surface area (Å²) in [7, 11) is -0.429. The van der Waals surface area contributed by atoms with Crippen molar-refractivity contribution in [2.75, 3.05) is 6.16 Å². The van der Waals surface area contributed by atoms with Crippen molar-refractivity contribution in [3.05, 3.63) is 22.0 Å². The average Bonchev–Trinajstić information content (AvgIpc) is 1.82. The summed E-state index contributed by atoms with van der Waals surface area (Å²) in [5.41, 5.74) is 2.36. The molecule has 0 radical (unpaired) electrons. The Morgan fingerprint density at radius 1 is 1.50 bits per heavy atom. The number of hydrogen-bond acceptors (Lipinski definition) is 0. The molecule has 0 amide bonds. The Morgan fingerprint density at radius 2 is 2.10 bits per heavy atom. The highest BCUT2D eigenvalue weighted by atomic mass is 35.7. The molecule has 0 saturated carbocycles. The van der Waals surface area contributed by atoms with Gasteiger partial charge in [0.05, 0.1) is 0 Å². The molecule has 0 aromatic carbocycles. The molecule has 1 rings (SSSR count). The molecular weight excluding hydrogens is 186 g/mol. The van der Waals surface area contributed by atoms with Gasteiger partial charge in [-0.2, -0.15) is 0 Å². The van der Waals surface area contributed by atoms with E-state index in [0.29, 0.717) is 0 Å². The highest BCUT2D eigenvalue weighted by Crippen LogP contribution is 2.50. The van der Waals surface area contributed by atoms with Crippen molar-refractivity contribution >= 4 is 30.1 Å². The smallest absolute Gasteiger partial charge is 0.0429 e. The van der Waals surface area contributed by atoms with Gasteiger partial charge in [-0.25, -0.2) is 0 Å². The second-order valence-corrected chi connectivity index (χ2v) is 5.52. The fourth-order valence-electron chi connectivity index (χ4n) is 0.945. The first-order valence-electron chi connectivity index (χ1n) is 3.07. The van der Waals surface area contributed by atoms with E-state index in [1.165, 1.54) is 5.57 Å². The number of allylic oxidation sites excluding steroid dienone is 3. The van der Waals surface area contributed by atoms with Crippen LogP contribution in [0, 0.1) is 0 Å². The minimum absolute atomic E-state index is 0.429. The van der Waals surface area contributed by atoms with Gasteiger partial charge in [-0.1, -0.05) is 22.8 Å². The molecule has 0 aromatic rings. The van der Waals surface area contributed by atoms with Crippen molar-refractivity contribution in [2.45, 2.75) is 13.8 Å². The van der Waals surface area contributed by atoms with Crippen LogP contribution in [0.5, 0.6) is 0 Å². The molecule has 1 aliphatic rings. The third-order valence-corrected chi connectivity index (χ3v) is 4.16. The molecular formula is C7H9Cl2P. The van der Waals surface area contributed by atoms with Gasteiger partial charge in [0.1, 0.15) is 0 Å². The molecule has 10 heavy (non-hydrogen) atoms. The zero-order chi connectivity index (χ0) is 7.72. The van der Waals surface area contributed by atoms with E-state index in [9.17, 15) is 0 Å². The Balaban J connectivity index is 2.90. The van der Waals surface area contributed by atoms with Crippen LogP contribution in [0.4, 0.5) is 0 Å². The van der Waals surface area contributed by atoms with Crippen LogP contribution in [0.3, 0.4) is 0 Å². The Bertz CT molecular complexity index is 206. The molecule has 0 bridgehead atoms. The summed E-state index contributed by atoms with van der Waals surface area (Å²) >= 11 is 11.9. The van der Waals surface area contributed by atoms with Crippen LogP contribution in [0.15, 0.2) is 22.0 Å². The van der Waals surface area contributed by atoms with E-state index in [1.807, 2.05) is 13.8 Å². The summed E-state index contributed by atoms with van der Waals surface area (Å²) in [4.78, 5) is 0. The fourth-order valence-corrected chi connectivity index (χ4v) is 3.46. The number of hydrogen-bond donors (Lipinski definition) is 0. The Labute approximate surface area is 72.4 Å². The van der Waals surface area contributed by atoms with E-state index in [2.05, 4.69) is 5.82 Å². The second-order valence-electron chi connectivity index (χ2n) is 2.46. The summed E-state index contributed by atoms with van der Waals surface area (Å²) in [5, 5.41) is 0.902. The summed E-state index contributed by atoms with van der Waals surface area (Å²) in [5.74, 6) is 2.06. The van der Waals surface area contributed by atoms with Crippen LogP contribution in [-0.2, 0) is 0 Å². The molecule has 56 valence electrons. The molecule has 0 aliphatic carbocycles. The van der Waals surface area contributed by atoms with Crippen LogP contribution in [0.1, 0.15) is 13.8 Å². The maximum atomic E-state index is 5.97. The lowest BCUT2D eigenvalue weighted by molar-refractivity contribution is 1.32. The van der Waals surface area contributed by atoms with Gasteiger partial charge in [0.2, 0.25) is 0 Å². The molecule has 0 aromatic heterocycles. The summed E-state index contributed by atoms with van der Waals surface area (Å²) < 4.78 is 0. The zero-order valence-electron chi connectivity index (χ0n) is 5.99. The SMILES string of the molecule is CC1=CP(Cl)CC(C)=C1Cl. The van der Waals surface area contributed by atoms with E-state index in [1.54, 1.807) is 0 Å². The van der Waals surface area contributed by atoms with E-state index in [-0.39, 0.29) is 0 Å². The maximum absolute atomic E-state index is 5.97. The second kappa shape index (κ2) is 3.26. The van der Waals surface area contributed by atoms with Crippen LogP contribution >= 0.6 is 30.1 Å². The lowest BCUT2D eigenvalue weighted by Gasteiger charge is -2.15. The third-order valence-electron chi connectivity index (χ3n) is 1.44. The standard InChI is InChI=1S/C7H9Cl2P/c1-5-3-10(9)4-6(2)7(5)8/h3H,4H2,1-2H3. The average molecular weight is 195 g/mol. The normalized spacial score (nSPS) is 26.8. The largest absolute Gasteiger partial charge is 0.0914 e. The van der Waals surface area contributed by atoms with Crippen LogP contribution < -0.4 is 0 Å². The third kappa shape index (κ3) is 1.75. The molecule has 1 unspecified atom stereocenters. The van der Waals surface area contributed by atoms with Gasteiger partial charge < -0.3 is 0 Å². The zero-order valence-corrected chi connectivity index (χ0v) is 8.39. The highest BCUT2D eigenvalue weighted by molar-refractivity contribution is 7.86. The van der Waals surface area contributed by atoms with Gasteiger partial charge in [-0.15, -0.1) is 0 Å². The Hall–Kier alpha value is 0.490. The molecule has 1 heterocycles. The van der Waals surface area contributed by atoms with Gasteiger partial charge in [-0.05, 0) is 30.8 Å². The van der Waals surface area contributed by atoms with Crippen LogP contribution in [0.2, 0.25) is 0 Å². The van der Waals surface area contributed by atoms with Gasteiger partial charge in [0, 0.05) is 18.5 Å². The molecule has 1 atom stereocenters. The predicted octanol–water partition coefficient (Wildman–Crippen LogP) is 4.05. The van der Waals surface area contributed by atoms with Crippen molar-refractivity contribution in [2.24, 2.45) is 0 Å². The monoisotopic (exact) mass is 194 g/mol. The minimum atomic E-state index is -0.429. The molecule has 0 saturated heterocycles. The van der Waals surface area contributed by atoms with Gasteiger partial charge >= 0.3 is 0 Å². The highest BCUT2D eigenvalue weighted by Gasteiger charge is 2.13. The van der Waals surface area contributed by atoms with Crippen molar-refractivity contribution in [1.29, 1.82) is 0 Å². The topological polar surface area (TPSA) is 0 Å². The lowest BCUT2D eigenvalue weighted by atomic mass is 10.2. The first-order chi connectivity index (χ1) is 4.61. The summed E-state index contributed by atoms with van der Waals surface area (Å²) in [6.45, 7) is 4.04. The molecule has 0 N–H and O–H groups in total.